The van der Waals surface area contributed by atoms with Crippen molar-refractivity contribution in [2.24, 2.45) is 0 Å². The van der Waals surface area contributed by atoms with Crippen LogP contribution in [0.3, 0.4) is 0 Å². The van der Waals surface area contributed by atoms with Crippen LogP contribution >= 0.6 is 20.5 Å². The summed E-state index contributed by atoms with van der Waals surface area (Å²) in [5.74, 6) is 0. The first-order valence-corrected chi connectivity index (χ1v) is 2.80. The predicted octanol–water partition coefficient (Wildman–Crippen LogP) is 1.54. The van der Waals surface area contributed by atoms with Gasteiger partial charge in [-0.25, -0.2) is 0 Å². The third-order valence-corrected chi connectivity index (χ3v) is 1.03. The average molecular weight is 142 g/mol. The second-order valence-corrected chi connectivity index (χ2v) is 1.82. The van der Waals surface area contributed by atoms with Crippen molar-refractivity contribution in [1.82, 2.24) is 0 Å². The molecule has 0 aliphatic rings. The van der Waals surface area contributed by atoms with Crippen molar-refractivity contribution in [3.63, 3.8) is 0 Å². The molecule has 0 radical (unpaired) electrons. The number of hydrogen-bond donors (Lipinski definition) is 1. The first kappa shape index (κ1) is 7.18. The normalized spacial score (nSPS) is 12.9. The van der Waals surface area contributed by atoms with Gasteiger partial charge in [-0.1, -0.05) is 6.58 Å². The lowest BCUT2D eigenvalue weighted by Crippen LogP contribution is -1.69. The van der Waals surface area contributed by atoms with Crippen LogP contribution in [0.1, 0.15) is 0 Å². The van der Waals surface area contributed by atoms with Gasteiger partial charge in [-0.15, -0.1) is 0 Å². The Morgan fingerprint density at radius 3 is 2.57 bits per heavy atom. The van der Waals surface area contributed by atoms with Crippen molar-refractivity contribution in [2.75, 3.05) is 0 Å². The van der Waals surface area contributed by atoms with E-state index in [1.165, 1.54) is 0 Å². The molecule has 0 saturated carbocycles. The van der Waals surface area contributed by atoms with E-state index in [9.17, 15) is 0 Å². The Hall–Kier alpha value is 0.180. The Bertz CT molecular complexity index is 58.9. The van der Waals surface area contributed by atoms with Crippen LogP contribution in [0.2, 0.25) is 0 Å². The van der Waals surface area contributed by atoms with Crippen molar-refractivity contribution in [2.45, 2.75) is 0 Å². The number of hydrogen-bond acceptors (Lipinski definition) is 3. The van der Waals surface area contributed by atoms with Crippen LogP contribution in [0.25, 0.3) is 0 Å². The highest BCUT2D eigenvalue weighted by Gasteiger charge is 2.00. The van der Waals surface area contributed by atoms with Gasteiger partial charge in [0.2, 0.25) is 0 Å². The zero-order valence-electron chi connectivity index (χ0n) is 3.37. The quantitative estimate of drug-likeness (QED) is 0.480. The maximum Gasteiger partial charge on any atom is 0.411 e. The monoisotopic (exact) mass is 142 g/mol. The van der Waals surface area contributed by atoms with Gasteiger partial charge in [0.1, 0.15) is 0 Å². The summed E-state index contributed by atoms with van der Waals surface area (Å²) < 4.78 is 8.01. The van der Waals surface area contributed by atoms with E-state index in [0.29, 0.717) is 0 Å². The van der Waals surface area contributed by atoms with E-state index in [-0.39, 0.29) is 0 Å². The van der Waals surface area contributed by atoms with Gasteiger partial charge in [0.05, 0.1) is 18.1 Å². The third kappa shape index (κ3) is 4.02. The van der Waals surface area contributed by atoms with Gasteiger partial charge in [-0.05, 0) is 0 Å². The van der Waals surface area contributed by atoms with Crippen LogP contribution in [-0.4, -0.2) is 4.89 Å². The summed E-state index contributed by atoms with van der Waals surface area (Å²) in [4.78, 5) is 8.28. The van der Waals surface area contributed by atoms with E-state index in [0.717, 1.165) is 6.26 Å². The molecule has 5 heteroatoms. The smallest absolute Gasteiger partial charge is 0.411 e. The fourth-order valence-corrected chi connectivity index (χ4v) is 0.338. The molecule has 0 aliphatic carbocycles. The lowest BCUT2D eigenvalue weighted by Gasteiger charge is -1.98. The molecule has 0 saturated heterocycles. The minimum atomic E-state index is -1.93. The van der Waals surface area contributed by atoms with E-state index < -0.39 is 8.60 Å². The van der Waals surface area contributed by atoms with Crippen molar-refractivity contribution in [1.29, 1.82) is 0 Å². The summed E-state index contributed by atoms with van der Waals surface area (Å²) in [6.45, 7) is 3.14. The van der Waals surface area contributed by atoms with Crippen molar-refractivity contribution >= 4 is 20.5 Å². The SMILES string of the molecule is C=COP(O)OCl. The van der Waals surface area contributed by atoms with Crippen molar-refractivity contribution in [3.05, 3.63) is 12.8 Å². The fourth-order valence-electron chi connectivity index (χ4n) is 0.0800. The van der Waals surface area contributed by atoms with Gasteiger partial charge in [0, 0.05) is 0 Å². The average Bonchev–Trinajstić information content (AvgIpc) is 1.68. The maximum atomic E-state index is 8.28. The number of rotatable bonds is 3. The molecule has 7 heavy (non-hydrogen) atoms. The highest BCUT2D eigenvalue weighted by Crippen LogP contribution is 2.33. The van der Waals surface area contributed by atoms with Crippen molar-refractivity contribution < 1.29 is 13.5 Å². The van der Waals surface area contributed by atoms with Crippen LogP contribution in [-0.2, 0) is 8.60 Å². The summed E-state index contributed by atoms with van der Waals surface area (Å²) in [6, 6.07) is 0. The molecule has 1 atom stereocenters. The molecular weight excluding hydrogens is 138 g/mol. The van der Waals surface area contributed by atoms with E-state index in [1.54, 1.807) is 0 Å². The molecule has 0 amide bonds. The summed E-state index contributed by atoms with van der Waals surface area (Å²) in [7, 11) is -1.93. The Labute approximate surface area is 47.7 Å². The largest absolute Gasteiger partial charge is 0.435 e. The van der Waals surface area contributed by atoms with Crippen LogP contribution in [0, 0.1) is 0 Å². The molecule has 0 aromatic carbocycles. The molecule has 0 fully saturated rings. The third-order valence-electron chi connectivity index (χ3n) is 0.224. The molecule has 3 nitrogen and oxygen atoms in total. The minimum Gasteiger partial charge on any atom is -0.435 e. The lowest BCUT2D eigenvalue weighted by atomic mass is 11.2. The Kier molecular flexibility index (Phi) is 4.45. The first-order valence-electron chi connectivity index (χ1n) is 1.36. The minimum absolute atomic E-state index is 1.05. The van der Waals surface area contributed by atoms with Crippen LogP contribution in [0.5, 0.6) is 0 Å². The molecule has 0 aromatic heterocycles. The molecule has 1 N–H and O–H groups in total. The molecule has 1 unspecified atom stereocenters. The lowest BCUT2D eigenvalue weighted by molar-refractivity contribution is 0.362. The Balaban J connectivity index is 2.98. The second-order valence-electron chi connectivity index (χ2n) is 0.579. The Morgan fingerprint density at radius 2 is 2.43 bits per heavy atom. The Morgan fingerprint density at radius 1 is 1.86 bits per heavy atom. The van der Waals surface area contributed by atoms with Gasteiger partial charge < -0.3 is 9.42 Å². The molecule has 0 rings (SSSR count). The highest BCUT2D eigenvalue weighted by molar-refractivity contribution is 7.41. The highest BCUT2D eigenvalue weighted by atomic mass is 35.5. The molecule has 0 aliphatic heterocycles. The maximum absolute atomic E-state index is 8.28. The van der Waals surface area contributed by atoms with Gasteiger partial charge in [0.15, 0.2) is 0 Å². The summed E-state index contributed by atoms with van der Waals surface area (Å²) in [5, 5.41) is 0. The van der Waals surface area contributed by atoms with Gasteiger partial charge >= 0.3 is 8.60 Å². The van der Waals surface area contributed by atoms with E-state index >= 15 is 0 Å². The number of halogens is 1. The molecule has 0 bridgehead atoms. The molecule has 0 aromatic rings. The van der Waals surface area contributed by atoms with Crippen LogP contribution in [0.4, 0.5) is 0 Å². The first-order chi connectivity index (χ1) is 3.31. The molecule has 0 spiro atoms. The zero-order valence-corrected chi connectivity index (χ0v) is 5.02. The van der Waals surface area contributed by atoms with Gasteiger partial charge in [-0.3, -0.25) is 0 Å². The summed E-state index contributed by atoms with van der Waals surface area (Å²) >= 11 is 4.64. The molecule has 0 heterocycles. The van der Waals surface area contributed by atoms with E-state index in [4.69, 9.17) is 4.89 Å². The van der Waals surface area contributed by atoms with E-state index in [2.05, 4.69) is 27.0 Å². The second kappa shape index (κ2) is 4.34. The van der Waals surface area contributed by atoms with Crippen molar-refractivity contribution in [3.8, 4) is 0 Å². The van der Waals surface area contributed by atoms with Gasteiger partial charge in [0.25, 0.3) is 0 Å². The molecule has 42 valence electrons. The summed E-state index contributed by atoms with van der Waals surface area (Å²) in [5.41, 5.74) is 0. The van der Waals surface area contributed by atoms with Crippen LogP contribution in [0.15, 0.2) is 12.8 Å². The molecular formula is C2H4ClO3P. The fraction of sp³-hybridized carbons (Fsp3) is 0. The zero-order chi connectivity index (χ0) is 5.70. The topological polar surface area (TPSA) is 38.7 Å². The van der Waals surface area contributed by atoms with Crippen LogP contribution < -0.4 is 0 Å². The standard InChI is InChI=1S/C2H4ClO3P/c1-2-5-7(4)6-3/h2,4H,1H2. The van der Waals surface area contributed by atoms with E-state index in [1.807, 2.05) is 0 Å². The van der Waals surface area contributed by atoms with Gasteiger partial charge in [-0.2, -0.15) is 4.08 Å². The summed E-state index contributed by atoms with van der Waals surface area (Å²) in [6.07, 6.45) is 1.05. The predicted molar refractivity (Wildman–Crippen MR) is 27.4 cm³/mol.